The molecule has 1 saturated carbocycles. The van der Waals surface area contributed by atoms with E-state index in [1.165, 1.54) is 12.8 Å². The number of nitrogens with zero attached hydrogens (tertiary/aromatic N) is 2. The van der Waals surface area contributed by atoms with Gasteiger partial charge in [0.15, 0.2) is 0 Å². The van der Waals surface area contributed by atoms with Crippen molar-refractivity contribution in [3.8, 4) is 5.75 Å². The molecule has 1 aliphatic carbocycles. The molecule has 2 atom stereocenters. The van der Waals surface area contributed by atoms with Crippen molar-refractivity contribution < 1.29 is 14.6 Å². The van der Waals surface area contributed by atoms with E-state index in [0.29, 0.717) is 11.1 Å². The van der Waals surface area contributed by atoms with Gasteiger partial charge in [-0.1, -0.05) is 11.6 Å². The maximum Gasteiger partial charge on any atom is 0.303 e. The summed E-state index contributed by atoms with van der Waals surface area (Å²) in [6.07, 6.45) is 9.67. The Labute approximate surface area is 199 Å². The quantitative estimate of drug-likeness (QED) is 0.450. The minimum absolute atomic E-state index is 0.233. The van der Waals surface area contributed by atoms with E-state index in [1.54, 1.807) is 13.3 Å². The molecule has 1 saturated heterocycles. The molecule has 1 N–H and O–H groups in total. The first-order chi connectivity index (χ1) is 15.5. The summed E-state index contributed by atoms with van der Waals surface area (Å²) in [4.78, 5) is 18.6. The molecular formula is C25H33ClN2O3S. The summed E-state index contributed by atoms with van der Waals surface area (Å²) in [6, 6.07) is 6.24. The fourth-order valence-corrected chi connectivity index (χ4v) is 6.40. The number of piperidine rings is 1. The molecule has 4 rings (SSSR count). The molecular weight excluding hydrogens is 444 g/mol. The molecule has 2 aromatic rings. The summed E-state index contributed by atoms with van der Waals surface area (Å²) >= 11 is 8.64. The van der Waals surface area contributed by atoms with Crippen molar-refractivity contribution in [1.29, 1.82) is 0 Å². The first-order valence-corrected chi connectivity index (χ1v) is 13.2. The second-order valence-corrected chi connectivity index (χ2v) is 10.8. The van der Waals surface area contributed by atoms with Gasteiger partial charge in [-0.15, -0.1) is 0 Å². The van der Waals surface area contributed by atoms with Gasteiger partial charge in [-0.2, -0.15) is 11.8 Å². The molecule has 7 heteroatoms. The lowest BCUT2D eigenvalue weighted by Gasteiger charge is -2.41. The zero-order chi connectivity index (χ0) is 22.5. The van der Waals surface area contributed by atoms with Gasteiger partial charge in [0.2, 0.25) is 0 Å². The molecule has 2 aliphatic rings. The Balaban J connectivity index is 1.45. The Morgan fingerprint density at radius 2 is 2.19 bits per heavy atom. The van der Waals surface area contributed by atoms with Gasteiger partial charge in [0.25, 0.3) is 0 Å². The number of carbonyl (C=O) groups is 1. The predicted octanol–water partition coefficient (Wildman–Crippen LogP) is 5.67. The van der Waals surface area contributed by atoms with Crippen molar-refractivity contribution in [2.45, 2.75) is 62.7 Å². The number of aromatic nitrogens is 1. The van der Waals surface area contributed by atoms with Crippen molar-refractivity contribution in [3.63, 3.8) is 0 Å². The number of hydrogen-bond donors (Lipinski definition) is 1. The first kappa shape index (κ1) is 23.7. The number of carboxylic acid groups (broad SMARTS) is 1. The van der Waals surface area contributed by atoms with Crippen molar-refractivity contribution in [3.05, 3.63) is 35.0 Å². The van der Waals surface area contributed by atoms with Gasteiger partial charge in [0, 0.05) is 41.6 Å². The number of rotatable bonds is 11. The number of hydrogen-bond acceptors (Lipinski definition) is 5. The number of ether oxygens (including phenoxy) is 1. The fraction of sp³-hybridized carbons (Fsp3) is 0.600. The SMILES string of the molecule is COc1ccc2ncc(Cl)c(CCCC3C(CC(=O)O)CCCN3CCSC3CC3)c2c1. The Bertz CT molecular complexity index is 937. The summed E-state index contributed by atoms with van der Waals surface area (Å²) in [6.45, 7) is 2.15. The smallest absolute Gasteiger partial charge is 0.303 e. The minimum atomic E-state index is -0.676. The molecule has 0 spiro atoms. The van der Waals surface area contributed by atoms with Crippen LogP contribution in [0.1, 0.15) is 50.5 Å². The zero-order valence-corrected chi connectivity index (χ0v) is 20.3. The molecule has 2 fully saturated rings. The molecule has 5 nitrogen and oxygen atoms in total. The van der Waals surface area contributed by atoms with Crippen molar-refractivity contribution in [1.82, 2.24) is 9.88 Å². The number of methoxy groups -OCH3 is 1. The minimum Gasteiger partial charge on any atom is -0.497 e. The Morgan fingerprint density at radius 3 is 2.94 bits per heavy atom. The first-order valence-electron chi connectivity index (χ1n) is 11.7. The molecule has 32 heavy (non-hydrogen) atoms. The zero-order valence-electron chi connectivity index (χ0n) is 18.8. The van der Waals surface area contributed by atoms with Crippen LogP contribution in [-0.2, 0) is 11.2 Å². The third-order valence-corrected chi connectivity index (χ3v) is 8.47. The third-order valence-electron chi connectivity index (χ3n) is 6.79. The van der Waals surface area contributed by atoms with E-state index in [-0.39, 0.29) is 12.3 Å². The van der Waals surface area contributed by atoms with Crippen LogP contribution < -0.4 is 4.74 Å². The van der Waals surface area contributed by atoms with Gasteiger partial charge in [-0.05, 0) is 81.2 Å². The molecule has 0 amide bonds. The molecule has 2 unspecified atom stereocenters. The number of halogens is 1. The topological polar surface area (TPSA) is 62.7 Å². The van der Waals surface area contributed by atoms with Crippen LogP contribution in [0, 0.1) is 5.92 Å². The highest BCUT2D eigenvalue weighted by atomic mass is 35.5. The molecule has 1 aliphatic heterocycles. The van der Waals surface area contributed by atoms with Crippen molar-refractivity contribution >= 4 is 40.2 Å². The molecule has 174 valence electrons. The molecule has 1 aromatic heterocycles. The lowest BCUT2D eigenvalue weighted by molar-refractivity contribution is -0.139. The standard InChI is InChI=1S/C25H33ClN2O3S/c1-31-18-7-10-23-21(15-18)20(22(26)16-27-23)5-2-6-24-17(14-25(29)30)4-3-11-28(24)12-13-32-19-8-9-19/h7,10,15-17,19,24H,2-6,8-9,11-14H2,1H3,(H,29,30). The summed E-state index contributed by atoms with van der Waals surface area (Å²) in [7, 11) is 1.67. The maximum atomic E-state index is 11.5. The number of thioether (sulfide) groups is 1. The van der Waals surface area contributed by atoms with Gasteiger partial charge >= 0.3 is 5.97 Å². The van der Waals surface area contributed by atoms with Crippen LogP contribution >= 0.6 is 23.4 Å². The van der Waals surface area contributed by atoms with Gasteiger partial charge < -0.3 is 9.84 Å². The highest BCUT2D eigenvalue weighted by Crippen LogP contribution is 2.36. The molecule has 0 bridgehead atoms. The van der Waals surface area contributed by atoms with E-state index in [9.17, 15) is 9.90 Å². The van der Waals surface area contributed by atoms with Crippen LogP contribution in [0.3, 0.4) is 0 Å². The van der Waals surface area contributed by atoms with Crippen LogP contribution in [0.5, 0.6) is 5.75 Å². The average molecular weight is 477 g/mol. The number of likely N-dealkylation sites (tertiary alicyclic amines) is 1. The molecule has 0 radical (unpaired) electrons. The van der Waals surface area contributed by atoms with E-state index in [2.05, 4.69) is 21.6 Å². The van der Waals surface area contributed by atoms with E-state index < -0.39 is 5.97 Å². The molecule has 1 aromatic carbocycles. The maximum absolute atomic E-state index is 11.5. The van der Waals surface area contributed by atoms with Gasteiger partial charge in [0.1, 0.15) is 5.75 Å². The summed E-state index contributed by atoms with van der Waals surface area (Å²) in [5.74, 6) is 1.51. The number of benzene rings is 1. The fourth-order valence-electron chi connectivity index (χ4n) is 5.01. The Morgan fingerprint density at radius 1 is 1.34 bits per heavy atom. The summed E-state index contributed by atoms with van der Waals surface area (Å²) < 4.78 is 5.41. The van der Waals surface area contributed by atoms with Crippen molar-refractivity contribution in [2.75, 3.05) is 26.0 Å². The van der Waals surface area contributed by atoms with Crippen LogP contribution in [-0.4, -0.2) is 58.2 Å². The lowest BCUT2D eigenvalue weighted by atomic mass is 9.83. The number of aryl methyl sites for hydroxylation is 1. The number of fused-ring (bicyclic) bond motifs is 1. The van der Waals surface area contributed by atoms with Gasteiger partial charge in [-0.3, -0.25) is 14.7 Å². The Kier molecular flexibility index (Phi) is 8.19. The third kappa shape index (κ3) is 6.09. The lowest BCUT2D eigenvalue weighted by Crippen LogP contribution is -2.46. The largest absolute Gasteiger partial charge is 0.497 e. The monoisotopic (exact) mass is 476 g/mol. The second-order valence-electron chi connectivity index (χ2n) is 9.03. The van der Waals surface area contributed by atoms with Crippen LogP contribution in [0.4, 0.5) is 0 Å². The number of pyridine rings is 1. The van der Waals surface area contributed by atoms with E-state index in [1.807, 2.05) is 18.2 Å². The van der Waals surface area contributed by atoms with Crippen LogP contribution in [0.15, 0.2) is 24.4 Å². The van der Waals surface area contributed by atoms with Crippen LogP contribution in [0.2, 0.25) is 5.02 Å². The van der Waals surface area contributed by atoms with E-state index in [0.717, 1.165) is 78.4 Å². The van der Waals surface area contributed by atoms with E-state index in [4.69, 9.17) is 16.3 Å². The number of aliphatic carboxylic acids is 1. The Hall–Kier alpha value is -1.50. The summed E-state index contributed by atoms with van der Waals surface area (Å²) in [5.41, 5.74) is 2.03. The van der Waals surface area contributed by atoms with E-state index >= 15 is 0 Å². The average Bonchev–Trinajstić information content (AvgIpc) is 3.60. The predicted molar refractivity (Wildman–Crippen MR) is 132 cm³/mol. The molecule has 2 heterocycles. The van der Waals surface area contributed by atoms with Gasteiger partial charge in [-0.25, -0.2) is 0 Å². The highest BCUT2D eigenvalue weighted by molar-refractivity contribution is 8.00. The van der Waals surface area contributed by atoms with Crippen LogP contribution in [0.25, 0.3) is 10.9 Å². The highest BCUT2D eigenvalue weighted by Gasteiger charge is 2.32. The second kappa shape index (κ2) is 11.1. The van der Waals surface area contributed by atoms with Gasteiger partial charge in [0.05, 0.1) is 17.6 Å². The van der Waals surface area contributed by atoms with Crippen molar-refractivity contribution in [2.24, 2.45) is 5.92 Å². The summed E-state index contributed by atoms with van der Waals surface area (Å²) in [5, 5.41) is 12.1. The number of carboxylic acids is 1. The normalized spacial score (nSPS) is 21.7.